The topological polar surface area (TPSA) is 92.8 Å². The van der Waals surface area contributed by atoms with Gasteiger partial charge in [-0.2, -0.15) is 0 Å². The van der Waals surface area contributed by atoms with Crippen LogP contribution in [0.3, 0.4) is 0 Å². The Morgan fingerprint density at radius 2 is 1.69 bits per heavy atom. The van der Waals surface area contributed by atoms with E-state index in [9.17, 15) is 16.8 Å². The molecule has 1 aliphatic heterocycles. The summed E-state index contributed by atoms with van der Waals surface area (Å²) in [6, 6.07) is 13.7. The van der Waals surface area contributed by atoms with Crippen LogP contribution in [-0.4, -0.2) is 72.3 Å². The maximum absolute atomic E-state index is 13.3. The number of rotatable bonds is 9. The summed E-state index contributed by atoms with van der Waals surface area (Å²) in [6.45, 7) is 2.41. The van der Waals surface area contributed by atoms with Crippen molar-refractivity contribution in [1.82, 2.24) is 10.2 Å². The fourth-order valence-corrected chi connectivity index (χ4v) is 8.81. The molecule has 2 aromatic rings. The molecule has 1 heterocycles. The van der Waals surface area contributed by atoms with Gasteiger partial charge in [-0.05, 0) is 55.9 Å². The van der Waals surface area contributed by atoms with E-state index in [-0.39, 0.29) is 22.4 Å². The van der Waals surface area contributed by atoms with Gasteiger partial charge < -0.3 is 15.0 Å². The predicted octanol–water partition coefficient (Wildman–Crippen LogP) is 2.09. The van der Waals surface area contributed by atoms with Crippen molar-refractivity contribution in [3.63, 3.8) is 0 Å². The number of nitrogens with one attached hydrogen (secondary N) is 1. The molecule has 0 radical (unpaired) electrons. The Morgan fingerprint density at radius 3 is 2.22 bits per heavy atom. The normalized spacial score (nSPS) is 21.5. The van der Waals surface area contributed by atoms with Crippen molar-refractivity contribution in [2.24, 2.45) is 0 Å². The highest BCUT2D eigenvalue weighted by molar-refractivity contribution is 7.96. The second-order valence-corrected chi connectivity index (χ2v) is 12.7. The standard InChI is InChI=1S/C23H32N2O5S2/c1-5-17-6-12-20(13-7-17)32(28,29)23-16-31(26,27)15-21(23)24-14-22(25(2)3)18-8-10-19(30-4)11-9-18/h6-13,21-24H,5,14-16H2,1-4H3/t21-,22?,23-/m0/s1. The molecule has 1 saturated heterocycles. The molecule has 1 N–H and O–H groups in total. The molecule has 3 rings (SSSR count). The highest BCUT2D eigenvalue weighted by Crippen LogP contribution is 2.27. The highest BCUT2D eigenvalue weighted by atomic mass is 32.2. The first-order valence-electron chi connectivity index (χ1n) is 10.6. The van der Waals surface area contributed by atoms with Crippen molar-refractivity contribution in [2.75, 3.05) is 39.3 Å². The summed E-state index contributed by atoms with van der Waals surface area (Å²) in [5, 5.41) is 2.25. The van der Waals surface area contributed by atoms with Crippen LogP contribution in [0.25, 0.3) is 0 Å². The zero-order valence-electron chi connectivity index (χ0n) is 19.0. The van der Waals surface area contributed by atoms with Gasteiger partial charge in [-0.25, -0.2) is 16.8 Å². The van der Waals surface area contributed by atoms with E-state index in [0.717, 1.165) is 23.3 Å². The molecule has 0 aliphatic carbocycles. The maximum atomic E-state index is 13.3. The minimum absolute atomic E-state index is 0.0589. The van der Waals surface area contributed by atoms with Crippen molar-refractivity contribution < 1.29 is 21.6 Å². The second kappa shape index (κ2) is 9.91. The highest BCUT2D eigenvalue weighted by Gasteiger charge is 2.45. The van der Waals surface area contributed by atoms with Gasteiger partial charge in [0.15, 0.2) is 19.7 Å². The quantitative estimate of drug-likeness (QED) is 0.587. The van der Waals surface area contributed by atoms with Crippen LogP contribution in [0.4, 0.5) is 0 Å². The predicted molar refractivity (Wildman–Crippen MR) is 127 cm³/mol. The smallest absolute Gasteiger partial charge is 0.183 e. The van der Waals surface area contributed by atoms with Crippen LogP contribution in [0.1, 0.15) is 24.1 Å². The Morgan fingerprint density at radius 1 is 1.06 bits per heavy atom. The number of hydrogen-bond donors (Lipinski definition) is 1. The van der Waals surface area contributed by atoms with Crippen LogP contribution in [0, 0.1) is 0 Å². The molecule has 1 aliphatic rings. The van der Waals surface area contributed by atoms with E-state index in [1.54, 1.807) is 31.4 Å². The molecule has 176 valence electrons. The Hall–Kier alpha value is -1.94. The lowest BCUT2D eigenvalue weighted by Crippen LogP contribution is -2.46. The van der Waals surface area contributed by atoms with Gasteiger partial charge in [-0.15, -0.1) is 0 Å². The largest absolute Gasteiger partial charge is 0.497 e. The molecule has 1 unspecified atom stereocenters. The van der Waals surface area contributed by atoms with E-state index in [2.05, 4.69) is 5.32 Å². The third kappa shape index (κ3) is 5.51. The van der Waals surface area contributed by atoms with E-state index < -0.39 is 31.0 Å². The molecule has 0 saturated carbocycles. The van der Waals surface area contributed by atoms with E-state index in [0.29, 0.717) is 6.54 Å². The minimum Gasteiger partial charge on any atom is -0.497 e. The monoisotopic (exact) mass is 480 g/mol. The van der Waals surface area contributed by atoms with Crippen LogP contribution in [-0.2, 0) is 26.1 Å². The summed E-state index contributed by atoms with van der Waals surface area (Å²) < 4.78 is 56.7. The fourth-order valence-electron chi connectivity index (χ4n) is 4.09. The Bertz CT molecular complexity index is 1110. The molecule has 1 fully saturated rings. The molecule has 9 heteroatoms. The molecule has 0 spiro atoms. The summed E-state index contributed by atoms with van der Waals surface area (Å²) in [4.78, 5) is 2.19. The van der Waals surface area contributed by atoms with Gasteiger partial charge in [0.2, 0.25) is 0 Å². The van der Waals surface area contributed by atoms with Gasteiger partial charge in [0, 0.05) is 18.6 Å². The Labute approximate surface area is 191 Å². The number of sulfone groups is 2. The molecule has 3 atom stereocenters. The number of methoxy groups -OCH3 is 1. The van der Waals surface area contributed by atoms with Gasteiger partial charge in [0.1, 0.15) is 5.75 Å². The summed E-state index contributed by atoms with van der Waals surface area (Å²) in [6.07, 6.45) is 0.805. The second-order valence-electron chi connectivity index (χ2n) is 8.43. The molecule has 7 nitrogen and oxygen atoms in total. The molecule has 0 amide bonds. The van der Waals surface area contributed by atoms with Crippen molar-refractivity contribution in [3.05, 3.63) is 59.7 Å². The molecule has 0 bridgehead atoms. The summed E-state index contributed by atoms with van der Waals surface area (Å²) >= 11 is 0. The number of hydrogen-bond acceptors (Lipinski definition) is 7. The molecule has 2 aromatic carbocycles. The molecule has 0 aromatic heterocycles. The third-order valence-corrected chi connectivity index (χ3v) is 10.2. The van der Waals surface area contributed by atoms with Crippen molar-refractivity contribution in [3.8, 4) is 5.75 Å². The summed E-state index contributed by atoms with van der Waals surface area (Å²) in [5.74, 6) is 0.200. The first-order valence-corrected chi connectivity index (χ1v) is 14.0. The summed E-state index contributed by atoms with van der Waals surface area (Å²) in [7, 11) is -1.78. The fraction of sp³-hybridized carbons (Fsp3) is 0.478. The van der Waals surface area contributed by atoms with Gasteiger partial charge in [-0.1, -0.05) is 31.2 Å². The SMILES string of the molecule is CCc1ccc(S(=O)(=O)[C@H]2CS(=O)(=O)C[C@@H]2NCC(c2ccc(OC)cc2)N(C)C)cc1. The van der Waals surface area contributed by atoms with Gasteiger partial charge in [0.25, 0.3) is 0 Å². The first-order chi connectivity index (χ1) is 15.1. The van der Waals surface area contributed by atoms with Crippen molar-refractivity contribution in [1.29, 1.82) is 0 Å². The van der Waals surface area contributed by atoms with E-state index in [1.807, 2.05) is 50.2 Å². The molecule has 32 heavy (non-hydrogen) atoms. The number of likely N-dealkylation sites (N-methyl/N-ethyl adjacent to an activating group) is 1. The van der Waals surface area contributed by atoms with Crippen LogP contribution >= 0.6 is 0 Å². The third-order valence-electron chi connectivity index (χ3n) is 6.06. The van der Waals surface area contributed by atoms with E-state index in [4.69, 9.17) is 4.74 Å². The number of benzene rings is 2. The Kier molecular flexibility index (Phi) is 7.65. The van der Waals surface area contributed by atoms with Crippen LogP contribution in [0.5, 0.6) is 5.75 Å². The number of aryl methyl sites for hydroxylation is 1. The van der Waals surface area contributed by atoms with Crippen LogP contribution < -0.4 is 10.1 Å². The molecular weight excluding hydrogens is 448 g/mol. The Balaban J connectivity index is 1.82. The average Bonchev–Trinajstić information content (AvgIpc) is 3.09. The zero-order chi connectivity index (χ0) is 23.5. The lowest BCUT2D eigenvalue weighted by atomic mass is 10.1. The zero-order valence-corrected chi connectivity index (χ0v) is 20.6. The van der Waals surface area contributed by atoms with E-state index >= 15 is 0 Å². The van der Waals surface area contributed by atoms with Crippen LogP contribution in [0.2, 0.25) is 0 Å². The van der Waals surface area contributed by atoms with E-state index in [1.165, 1.54) is 0 Å². The van der Waals surface area contributed by atoms with Gasteiger partial charge >= 0.3 is 0 Å². The van der Waals surface area contributed by atoms with Gasteiger partial charge in [0.05, 0.1) is 28.8 Å². The molecular formula is C23H32N2O5S2. The lowest BCUT2D eigenvalue weighted by molar-refractivity contribution is 0.281. The first kappa shape index (κ1) is 24.7. The maximum Gasteiger partial charge on any atom is 0.183 e. The summed E-state index contributed by atoms with van der Waals surface area (Å²) in [5.41, 5.74) is 2.06. The lowest BCUT2D eigenvalue weighted by Gasteiger charge is -2.28. The number of ether oxygens (including phenoxy) is 1. The number of nitrogens with zero attached hydrogens (tertiary/aromatic N) is 1. The van der Waals surface area contributed by atoms with Gasteiger partial charge in [-0.3, -0.25) is 0 Å². The van der Waals surface area contributed by atoms with Crippen LogP contribution in [0.15, 0.2) is 53.4 Å². The van der Waals surface area contributed by atoms with Crippen molar-refractivity contribution >= 4 is 19.7 Å². The average molecular weight is 481 g/mol. The minimum atomic E-state index is -3.80. The van der Waals surface area contributed by atoms with Crippen molar-refractivity contribution in [2.45, 2.75) is 35.6 Å².